The SMILES string of the molecule is CN(C)S(=O)(=O)c1ccc(N2CCCC3CNCC32)nc1. The average molecular weight is 310 g/mol. The lowest BCUT2D eigenvalue weighted by Gasteiger charge is -2.38. The minimum Gasteiger partial charge on any atom is -0.352 e. The van der Waals surface area contributed by atoms with Crippen LogP contribution in [0.2, 0.25) is 0 Å². The van der Waals surface area contributed by atoms with Crippen LogP contribution in [0.3, 0.4) is 0 Å². The molecule has 2 unspecified atom stereocenters. The topological polar surface area (TPSA) is 65.5 Å². The highest BCUT2D eigenvalue weighted by Gasteiger charge is 2.35. The number of anilines is 1. The fraction of sp³-hybridized carbons (Fsp3) is 0.643. The zero-order valence-electron chi connectivity index (χ0n) is 12.5. The van der Waals surface area contributed by atoms with Gasteiger partial charge in [-0.1, -0.05) is 0 Å². The summed E-state index contributed by atoms with van der Waals surface area (Å²) in [6.07, 6.45) is 3.90. The highest BCUT2D eigenvalue weighted by Crippen LogP contribution is 2.30. The molecule has 0 radical (unpaired) electrons. The summed E-state index contributed by atoms with van der Waals surface area (Å²) in [7, 11) is -0.341. The van der Waals surface area contributed by atoms with Gasteiger partial charge in [0.25, 0.3) is 0 Å². The molecule has 0 aromatic carbocycles. The van der Waals surface area contributed by atoms with Gasteiger partial charge in [-0.25, -0.2) is 17.7 Å². The van der Waals surface area contributed by atoms with Gasteiger partial charge in [0.05, 0.1) is 0 Å². The van der Waals surface area contributed by atoms with Crippen LogP contribution in [0.5, 0.6) is 0 Å². The first-order valence-corrected chi connectivity index (χ1v) is 8.80. The Bertz CT molecular complexity index is 600. The summed E-state index contributed by atoms with van der Waals surface area (Å²) in [6, 6.07) is 3.98. The molecule has 2 atom stereocenters. The molecule has 2 saturated heterocycles. The second-order valence-electron chi connectivity index (χ2n) is 5.96. The van der Waals surface area contributed by atoms with Crippen molar-refractivity contribution in [1.29, 1.82) is 0 Å². The van der Waals surface area contributed by atoms with Gasteiger partial charge < -0.3 is 10.2 Å². The fourth-order valence-electron chi connectivity index (χ4n) is 3.26. The van der Waals surface area contributed by atoms with Crippen LogP contribution in [0.4, 0.5) is 5.82 Å². The van der Waals surface area contributed by atoms with E-state index in [-0.39, 0.29) is 4.90 Å². The Morgan fingerprint density at radius 1 is 1.33 bits per heavy atom. The van der Waals surface area contributed by atoms with Crippen LogP contribution in [-0.4, -0.2) is 57.5 Å². The monoisotopic (exact) mass is 310 g/mol. The van der Waals surface area contributed by atoms with Gasteiger partial charge in [0, 0.05) is 46.0 Å². The van der Waals surface area contributed by atoms with E-state index in [1.165, 1.54) is 37.4 Å². The molecule has 1 aromatic heterocycles. The summed E-state index contributed by atoms with van der Waals surface area (Å²) in [4.78, 5) is 6.97. The van der Waals surface area contributed by atoms with Crippen molar-refractivity contribution in [3.05, 3.63) is 18.3 Å². The standard InChI is InChI=1S/C14H22N4O2S/c1-17(2)21(19,20)12-5-6-14(16-9-12)18-7-3-4-11-8-15-10-13(11)18/h5-6,9,11,13,15H,3-4,7-8,10H2,1-2H3. The minimum atomic E-state index is -3.40. The maximum Gasteiger partial charge on any atom is 0.244 e. The molecule has 0 bridgehead atoms. The van der Waals surface area contributed by atoms with E-state index < -0.39 is 10.0 Å². The van der Waals surface area contributed by atoms with Crippen LogP contribution >= 0.6 is 0 Å². The molecule has 3 rings (SSSR count). The Labute approximate surface area is 126 Å². The summed E-state index contributed by atoms with van der Waals surface area (Å²) < 4.78 is 25.3. The first-order valence-electron chi connectivity index (χ1n) is 7.36. The maximum absolute atomic E-state index is 12.1. The van der Waals surface area contributed by atoms with Gasteiger partial charge in [-0.2, -0.15) is 0 Å². The van der Waals surface area contributed by atoms with E-state index in [1.54, 1.807) is 6.07 Å². The minimum absolute atomic E-state index is 0.245. The molecule has 1 N–H and O–H groups in total. The lowest BCUT2D eigenvalue weighted by Crippen LogP contribution is -2.45. The lowest BCUT2D eigenvalue weighted by molar-refractivity contribution is 0.383. The predicted molar refractivity (Wildman–Crippen MR) is 81.8 cm³/mol. The number of hydrogen-bond donors (Lipinski definition) is 1. The number of nitrogens with zero attached hydrogens (tertiary/aromatic N) is 3. The van der Waals surface area contributed by atoms with E-state index in [1.807, 2.05) is 6.07 Å². The van der Waals surface area contributed by atoms with E-state index in [2.05, 4.69) is 15.2 Å². The highest BCUT2D eigenvalue weighted by molar-refractivity contribution is 7.89. The van der Waals surface area contributed by atoms with Gasteiger partial charge in [-0.15, -0.1) is 0 Å². The van der Waals surface area contributed by atoms with Gasteiger partial charge >= 0.3 is 0 Å². The van der Waals surface area contributed by atoms with Crippen molar-refractivity contribution in [1.82, 2.24) is 14.6 Å². The number of pyridine rings is 1. The number of nitrogens with one attached hydrogen (secondary N) is 1. The quantitative estimate of drug-likeness (QED) is 0.882. The Morgan fingerprint density at radius 3 is 2.81 bits per heavy atom. The van der Waals surface area contributed by atoms with Crippen molar-refractivity contribution in [3.63, 3.8) is 0 Å². The summed E-state index contributed by atoms with van der Waals surface area (Å²) in [5, 5.41) is 3.44. The predicted octanol–water partition coefficient (Wildman–Crippen LogP) is 0.520. The highest BCUT2D eigenvalue weighted by atomic mass is 32.2. The normalized spacial score (nSPS) is 26.1. The number of aromatic nitrogens is 1. The fourth-order valence-corrected chi connectivity index (χ4v) is 4.11. The molecule has 1 aromatic rings. The van der Waals surface area contributed by atoms with Gasteiger partial charge in [-0.3, -0.25) is 0 Å². The molecule has 2 aliphatic heterocycles. The molecule has 2 fully saturated rings. The second kappa shape index (κ2) is 5.55. The maximum atomic E-state index is 12.1. The third-order valence-corrected chi connectivity index (χ3v) is 6.27. The van der Waals surface area contributed by atoms with Crippen LogP contribution < -0.4 is 10.2 Å². The van der Waals surface area contributed by atoms with Gasteiger partial charge in [0.15, 0.2) is 0 Å². The van der Waals surface area contributed by atoms with E-state index >= 15 is 0 Å². The van der Waals surface area contributed by atoms with Crippen molar-refractivity contribution in [2.45, 2.75) is 23.8 Å². The van der Waals surface area contributed by atoms with Crippen LogP contribution in [0.15, 0.2) is 23.2 Å². The lowest BCUT2D eigenvalue weighted by atomic mass is 9.92. The molecule has 6 nitrogen and oxygen atoms in total. The van der Waals surface area contributed by atoms with E-state index in [0.29, 0.717) is 12.0 Å². The Kier molecular flexibility index (Phi) is 3.90. The molecule has 3 heterocycles. The number of sulfonamides is 1. The molecule has 0 amide bonds. The zero-order valence-corrected chi connectivity index (χ0v) is 13.3. The summed E-state index contributed by atoms with van der Waals surface area (Å²) in [6.45, 7) is 3.06. The second-order valence-corrected chi connectivity index (χ2v) is 8.11. The van der Waals surface area contributed by atoms with Crippen LogP contribution in [0.1, 0.15) is 12.8 Å². The number of hydrogen-bond acceptors (Lipinski definition) is 5. The average Bonchev–Trinajstić information content (AvgIpc) is 2.95. The zero-order chi connectivity index (χ0) is 15.0. The third kappa shape index (κ3) is 2.65. The smallest absolute Gasteiger partial charge is 0.244 e. The Balaban J connectivity index is 1.84. The molecule has 21 heavy (non-hydrogen) atoms. The van der Waals surface area contributed by atoms with E-state index in [4.69, 9.17) is 0 Å². The number of fused-ring (bicyclic) bond motifs is 1. The summed E-state index contributed by atoms with van der Waals surface area (Å²) in [5.41, 5.74) is 0. The Hall–Kier alpha value is -1.18. The molecule has 0 saturated carbocycles. The van der Waals surface area contributed by atoms with Crippen LogP contribution in [0, 0.1) is 5.92 Å². The van der Waals surface area contributed by atoms with Crippen molar-refractivity contribution in [3.8, 4) is 0 Å². The summed E-state index contributed by atoms with van der Waals surface area (Å²) in [5.74, 6) is 1.57. The van der Waals surface area contributed by atoms with Crippen molar-refractivity contribution >= 4 is 15.8 Å². The van der Waals surface area contributed by atoms with Crippen LogP contribution in [-0.2, 0) is 10.0 Å². The third-order valence-electron chi connectivity index (χ3n) is 4.47. The first-order chi connectivity index (χ1) is 10.00. The number of rotatable bonds is 3. The molecule has 116 valence electrons. The van der Waals surface area contributed by atoms with Crippen molar-refractivity contribution in [2.75, 3.05) is 38.6 Å². The molecule has 0 spiro atoms. The molecule has 0 aliphatic carbocycles. The molecule has 2 aliphatic rings. The number of piperidine rings is 1. The molecular formula is C14H22N4O2S. The van der Waals surface area contributed by atoms with Gasteiger partial charge in [-0.05, 0) is 30.9 Å². The summed E-state index contributed by atoms with van der Waals surface area (Å²) >= 11 is 0. The van der Waals surface area contributed by atoms with Gasteiger partial charge in [0.2, 0.25) is 10.0 Å². The Morgan fingerprint density at radius 2 is 2.14 bits per heavy atom. The first kappa shape index (κ1) is 14.7. The van der Waals surface area contributed by atoms with Crippen molar-refractivity contribution in [2.24, 2.45) is 5.92 Å². The molecular weight excluding hydrogens is 288 g/mol. The largest absolute Gasteiger partial charge is 0.352 e. The van der Waals surface area contributed by atoms with Crippen LogP contribution in [0.25, 0.3) is 0 Å². The van der Waals surface area contributed by atoms with E-state index in [9.17, 15) is 8.42 Å². The van der Waals surface area contributed by atoms with Crippen molar-refractivity contribution < 1.29 is 8.42 Å². The van der Waals surface area contributed by atoms with Gasteiger partial charge in [0.1, 0.15) is 10.7 Å². The van der Waals surface area contributed by atoms with E-state index in [0.717, 1.165) is 25.5 Å². The molecule has 7 heteroatoms.